The fourth-order valence-corrected chi connectivity index (χ4v) is 5.20. The van der Waals surface area contributed by atoms with Crippen LogP contribution in [0.2, 0.25) is 0 Å². The highest BCUT2D eigenvalue weighted by Crippen LogP contribution is 2.29. The van der Waals surface area contributed by atoms with Crippen LogP contribution in [0.15, 0.2) is 30.5 Å². The number of aryl methyl sites for hydroxylation is 2. The maximum atomic E-state index is 11.7. The van der Waals surface area contributed by atoms with Crippen LogP contribution in [0.5, 0.6) is 0 Å². The SMILES string of the molecule is Cc1ccc(-c2nc3sc(C)cn3c2CN2CCN(S(C)(=O)=O)CC2)cc1. The van der Waals surface area contributed by atoms with Crippen LogP contribution in [0.25, 0.3) is 16.2 Å². The van der Waals surface area contributed by atoms with Crippen molar-refractivity contribution in [2.75, 3.05) is 32.4 Å². The second kappa shape index (κ2) is 7.01. The Balaban J connectivity index is 1.64. The Hall–Kier alpha value is -1.74. The van der Waals surface area contributed by atoms with Gasteiger partial charge in [0.1, 0.15) is 0 Å². The van der Waals surface area contributed by atoms with Gasteiger partial charge in [0.05, 0.1) is 17.6 Å². The topological polar surface area (TPSA) is 57.9 Å². The Labute approximate surface area is 164 Å². The molecular weight excluding hydrogens is 380 g/mol. The van der Waals surface area contributed by atoms with Gasteiger partial charge in [-0.3, -0.25) is 9.30 Å². The number of hydrogen-bond acceptors (Lipinski definition) is 5. The largest absolute Gasteiger partial charge is 0.295 e. The average molecular weight is 405 g/mol. The van der Waals surface area contributed by atoms with Crippen molar-refractivity contribution in [3.05, 3.63) is 46.6 Å². The number of imidazole rings is 1. The van der Waals surface area contributed by atoms with E-state index in [0.717, 1.165) is 35.9 Å². The van der Waals surface area contributed by atoms with Gasteiger partial charge in [0, 0.05) is 49.4 Å². The second-order valence-electron chi connectivity index (χ2n) is 7.21. The van der Waals surface area contributed by atoms with E-state index in [1.54, 1.807) is 15.6 Å². The first-order chi connectivity index (χ1) is 12.8. The summed E-state index contributed by atoms with van der Waals surface area (Å²) in [5.74, 6) is 0. The van der Waals surface area contributed by atoms with Crippen molar-refractivity contribution < 1.29 is 8.42 Å². The standard InChI is InChI=1S/C19H24N4O2S2/c1-14-4-6-16(7-5-14)18-17(23-12-15(2)26-19(23)20-18)13-21-8-10-22(11-9-21)27(3,24)25/h4-7,12H,8-11,13H2,1-3H3. The van der Waals surface area contributed by atoms with Gasteiger partial charge in [-0.25, -0.2) is 13.4 Å². The fraction of sp³-hybridized carbons (Fsp3) is 0.421. The zero-order valence-corrected chi connectivity index (χ0v) is 17.5. The lowest BCUT2D eigenvalue weighted by atomic mass is 10.1. The lowest BCUT2D eigenvalue weighted by Crippen LogP contribution is -2.47. The van der Waals surface area contributed by atoms with Crippen LogP contribution in [-0.4, -0.2) is 59.4 Å². The minimum Gasteiger partial charge on any atom is -0.295 e. The molecule has 0 bridgehead atoms. The summed E-state index contributed by atoms with van der Waals surface area (Å²) in [6.45, 7) is 7.50. The van der Waals surface area contributed by atoms with Crippen LogP contribution in [-0.2, 0) is 16.6 Å². The third-order valence-electron chi connectivity index (χ3n) is 5.04. The van der Waals surface area contributed by atoms with E-state index in [1.165, 1.54) is 22.4 Å². The van der Waals surface area contributed by atoms with E-state index in [2.05, 4.69) is 53.6 Å². The first-order valence-corrected chi connectivity index (χ1v) is 11.7. The average Bonchev–Trinajstić information content (AvgIpc) is 3.13. The molecule has 1 aromatic carbocycles. The smallest absolute Gasteiger partial charge is 0.211 e. The van der Waals surface area contributed by atoms with Crippen molar-refractivity contribution in [1.29, 1.82) is 0 Å². The molecule has 0 amide bonds. The highest BCUT2D eigenvalue weighted by molar-refractivity contribution is 7.88. The van der Waals surface area contributed by atoms with E-state index in [1.807, 2.05) is 0 Å². The first-order valence-electron chi connectivity index (χ1n) is 9.03. The highest BCUT2D eigenvalue weighted by atomic mass is 32.2. The Kier molecular flexibility index (Phi) is 4.84. The van der Waals surface area contributed by atoms with Crippen LogP contribution in [0, 0.1) is 13.8 Å². The summed E-state index contributed by atoms with van der Waals surface area (Å²) in [5, 5.41) is 0. The molecule has 0 aliphatic carbocycles. The van der Waals surface area contributed by atoms with Crippen molar-refractivity contribution in [1.82, 2.24) is 18.6 Å². The summed E-state index contributed by atoms with van der Waals surface area (Å²) in [7, 11) is -3.11. The summed E-state index contributed by atoms with van der Waals surface area (Å²) in [6, 6.07) is 8.48. The molecule has 0 radical (unpaired) electrons. The Morgan fingerprint density at radius 1 is 1.07 bits per heavy atom. The summed E-state index contributed by atoms with van der Waals surface area (Å²) < 4.78 is 27.3. The summed E-state index contributed by atoms with van der Waals surface area (Å²) in [6.07, 6.45) is 3.43. The van der Waals surface area contributed by atoms with Crippen molar-refractivity contribution in [2.45, 2.75) is 20.4 Å². The lowest BCUT2D eigenvalue weighted by Gasteiger charge is -2.33. The predicted molar refractivity (Wildman–Crippen MR) is 110 cm³/mol. The molecule has 0 N–H and O–H groups in total. The third-order valence-corrected chi connectivity index (χ3v) is 7.24. The molecule has 0 saturated carbocycles. The van der Waals surface area contributed by atoms with Crippen LogP contribution in [0.1, 0.15) is 16.1 Å². The minimum atomic E-state index is -3.11. The number of fused-ring (bicyclic) bond motifs is 1. The van der Waals surface area contributed by atoms with E-state index in [9.17, 15) is 8.42 Å². The zero-order valence-electron chi connectivity index (χ0n) is 15.8. The van der Waals surface area contributed by atoms with E-state index >= 15 is 0 Å². The molecule has 3 aromatic rings. The number of nitrogens with zero attached hydrogens (tertiary/aromatic N) is 4. The molecule has 144 valence electrons. The maximum absolute atomic E-state index is 11.7. The second-order valence-corrected chi connectivity index (χ2v) is 10.4. The number of hydrogen-bond donors (Lipinski definition) is 0. The van der Waals surface area contributed by atoms with Crippen molar-refractivity contribution in [2.24, 2.45) is 0 Å². The molecule has 2 aromatic heterocycles. The summed E-state index contributed by atoms with van der Waals surface area (Å²) in [4.78, 5) is 9.46. The molecule has 8 heteroatoms. The van der Waals surface area contributed by atoms with Crippen molar-refractivity contribution in [3.8, 4) is 11.3 Å². The van der Waals surface area contributed by atoms with Crippen LogP contribution in [0.4, 0.5) is 0 Å². The predicted octanol–water partition coefficient (Wildman–Crippen LogP) is 2.76. The first kappa shape index (κ1) is 18.6. The molecule has 4 rings (SSSR count). The molecule has 0 unspecified atom stereocenters. The number of piperazine rings is 1. The van der Waals surface area contributed by atoms with Gasteiger partial charge >= 0.3 is 0 Å². The van der Waals surface area contributed by atoms with Gasteiger partial charge in [0.2, 0.25) is 10.0 Å². The van der Waals surface area contributed by atoms with Crippen molar-refractivity contribution in [3.63, 3.8) is 0 Å². The Bertz CT molecular complexity index is 1060. The maximum Gasteiger partial charge on any atom is 0.211 e. The number of aromatic nitrogens is 2. The minimum absolute atomic E-state index is 0.545. The molecule has 1 aliphatic rings. The summed E-state index contributed by atoms with van der Waals surface area (Å²) in [5.41, 5.74) is 4.55. The molecule has 6 nitrogen and oxygen atoms in total. The monoisotopic (exact) mass is 404 g/mol. The number of thiazole rings is 1. The molecule has 1 saturated heterocycles. The molecule has 1 fully saturated rings. The Morgan fingerprint density at radius 3 is 2.37 bits per heavy atom. The van der Waals surface area contributed by atoms with E-state index < -0.39 is 10.0 Å². The van der Waals surface area contributed by atoms with Gasteiger partial charge in [-0.1, -0.05) is 29.8 Å². The lowest BCUT2D eigenvalue weighted by molar-refractivity contribution is 0.180. The molecule has 27 heavy (non-hydrogen) atoms. The number of sulfonamides is 1. The third kappa shape index (κ3) is 3.80. The zero-order chi connectivity index (χ0) is 19.2. The van der Waals surface area contributed by atoms with Crippen LogP contribution < -0.4 is 0 Å². The summed E-state index contributed by atoms with van der Waals surface area (Å²) >= 11 is 1.70. The normalized spacial score (nSPS) is 17.0. The van der Waals surface area contributed by atoms with E-state index in [-0.39, 0.29) is 0 Å². The Morgan fingerprint density at radius 2 is 1.74 bits per heavy atom. The van der Waals surface area contributed by atoms with Gasteiger partial charge in [-0.15, -0.1) is 11.3 Å². The van der Waals surface area contributed by atoms with Gasteiger partial charge < -0.3 is 0 Å². The van der Waals surface area contributed by atoms with E-state index in [4.69, 9.17) is 4.98 Å². The van der Waals surface area contributed by atoms with Crippen molar-refractivity contribution >= 4 is 26.3 Å². The van der Waals surface area contributed by atoms with Gasteiger partial charge in [0.15, 0.2) is 4.96 Å². The number of benzene rings is 1. The van der Waals surface area contributed by atoms with Gasteiger partial charge in [-0.2, -0.15) is 4.31 Å². The van der Waals surface area contributed by atoms with Crippen LogP contribution in [0.3, 0.4) is 0 Å². The van der Waals surface area contributed by atoms with Gasteiger partial charge in [-0.05, 0) is 13.8 Å². The van der Waals surface area contributed by atoms with E-state index in [0.29, 0.717) is 13.1 Å². The van der Waals surface area contributed by atoms with Gasteiger partial charge in [0.25, 0.3) is 0 Å². The molecule has 3 heterocycles. The molecule has 0 spiro atoms. The number of rotatable bonds is 4. The quantitative estimate of drug-likeness (QED) is 0.671. The molecule has 0 atom stereocenters. The molecule has 1 aliphatic heterocycles. The molecular formula is C19H24N4O2S2. The highest BCUT2D eigenvalue weighted by Gasteiger charge is 2.25. The fourth-order valence-electron chi connectivity index (χ4n) is 3.53. The van der Waals surface area contributed by atoms with Crippen LogP contribution >= 0.6 is 11.3 Å².